The van der Waals surface area contributed by atoms with Gasteiger partial charge in [0.2, 0.25) is 10.0 Å². The second kappa shape index (κ2) is 6.20. The Kier molecular flexibility index (Phi) is 5.16. The number of benzene rings is 1. The Hall–Kier alpha value is -1.07. The van der Waals surface area contributed by atoms with Crippen molar-refractivity contribution in [1.82, 2.24) is 5.32 Å². The van der Waals surface area contributed by atoms with Gasteiger partial charge in [0.05, 0.1) is 10.9 Å². The van der Waals surface area contributed by atoms with Crippen molar-refractivity contribution in [3.8, 4) is 0 Å². The van der Waals surface area contributed by atoms with Gasteiger partial charge in [-0.25, -0.2) is 8.42 Å². The summed E-state index contributed by atoms with van der Waals surface area (Å²) in [6, 6.07) is 7.64. The van der Waals surface area contributed by atoms with Gasteiger partial charge in [-0.3, -0.25) is 4.72 Å². The lowest BCUT2D eigenvalue weighted by atomic mass is 10.2. The third kappa shape index (κ3) is 4.31. The summed E-state index contributed by atoms with van der Waals surface area (Å²) in [5.74, 6) is 0. The van der Waals surface area contributed by atoms with Crippen molar-refractivity contribution in [2.45, 2.75) is 39.0 Å². The van der Waals surface area contributed by atoms with E-state index in [0.717, 1.165) is 5.56 Å². The molecule has 0 bridgehead atoms. The van der Waals surface area contributed by atoms with Gasteiger partial charge >= 0.3 is 0 Å². The summed E-state index contributed by atoms with van der Waals surface area (Å²) < 4.78 is 26.9. The largest absolute Gasteiger partial charge is 0.313 e. The molecule has 1 aromatic rings. The van der Waals surface area contributed by atoms with Gasteiger partial charge in [0.25, 0.3) is 0 Å². The smallest absolute Gasteiger partial charge is 0.236 e. The van der Waals surface area contributed by atoms with E-state index >= 15 is 0 Å². The molecule has 1 aromatic carbocycles. The highest BCUT2D eigenvalue weighted by molar-refractivity contribution is 7.93. The summed E-state index contributed by atoms with van der Waals surface area (Å²) in [6.45, 7) is 8.02. The van der Waals surface area contributed by atoms with E-state index < -0.39 is 15.3 Å². The zero-order valence-corrected chi connectivity index (χ0v) is 12.2. The second-order valence-corrected chi connectivity index (χ2v) is 6.93. The molecule has 0 spiro atoms. The van der Waals surface area contributed by atoms with Gasteiger partial charge in [-0.05, 0) is 25.5 Å². The molecule has 1 rings (SSSR count). The predicted molar refractivity (Wildman–Crippen MR) is 76.3 cm³/mol. The maximum absolute atomic E-state index is 12.1. The van der Waals surface area contributed by atoms with Gasteiger partial charge in [-0.2, -0.15) is 0 Å². The molecule has 0 heterocycles. The van der Waals surface area contributed by atoms with E-state index in [1.165, 1.54) is 0 Å². The highest BCUT2D eigenvalue weighted by Crippen LogP contribution is 2.16. The van der Waals surface area contributed by atoms with Crippen molar-refractivity contribution in [2.24, 2.45) is 0 Å². The van der Waals surface area contributed by atoms with E-state index in [1.54, 1.807) is 13.0 Å². The van der Waals surface area contributed by atoms with Crippen molar-refractivity contribution < 1.29 is 8.42 Å². The normalized spacial score (nSPS) is 13.6. The molecule has 0 aliphatic heterocycles. The van der Waals surface area contributed by atoms with Gasteiger partial charge in [0.1, 0.15) is 0 Å². The fourth-order valence-corrected chi connectivity index (χ4v) is 2.51. The van der Waals surface area contributed by atoms with E-state index in [2.05, 4.69) is 10.0 Å². The Morgan fingerprint density at radius 1 is 1.17 bits per heavy atom. The summed E-state index contributed by atoms with van der Waals surface area (Å²) in [6.07, 6.45) is 0. The van der Waals surface area contributed by atoms with Crippen molar-refractivity contribution in [3.63, 3.8) is 0 Å². The lowest BCUT2D eigenvalue weighted by Gasteiger charge is -2.17. The molecule has 0 saturated carbocycles. The van der Waals surface area contributed by atoms with Crippen LogP contribution in [0.5, 0.6) is 0 Å². The first-order chi connectivity index (χ1) is 8.33. The summed E-state index contributed by atoms with van der Waals surface area (Å²) in [4.78, 5) is 0. The molecule has 0 fully saturated rings. The molecule has 0 aromatic heterocycles. The van der Waals surface area contributed by atoms with Gasteiger partial charge < -0.3 is 5.32 Å². The monoisotopic (exact) mass is 270 g/mol. The summed E-state index contributed by atoms with van der Waals surface area (Å²) >= 11 is 0. The molecule has 102 valence electrons. The van der Waals surface area contributed by atoms with Gasteiger partial charge in [-0.15, -0.1) is 0 Å². The first-order valence-corrected chi connectivity index (χ1v) is 7.68. The van der Waals surface area contributed by atoms with E-state index in [0.29, 0.717) is 12.2 Å². The van der Waals surface area contributed by atoms with E-state index in [4.69, 9.17) is 0 Å². The molecule has 0 aliphatic rings. The topological polar surface area (TPSA) is 58.2 Å². The average Bonchev–Trinajstić information content (AvgIpc) is 2.28. The number of para-hydroxylation sites is 1. The maximum atomic E-state index is 12.1. The van der Waals surface area contributed by atoms with Crippen LogP contribution in [-0.4, -0.2) is 26.3 Å². The van der Waals surface area contributed by atoms with Crippen LogP contribution < -0.4 is 10.0 Å². The molecule has 0 aliphatic carbocycles. The highest BCUT2D eigenvalue weighted by Gasteiger charge is 2.21. The predicted octanol–water partition coefficient (Wildman–Crippen LogP) is 2.12. The molecule has 0 radical (unpaired) electrons. The van der Waals surface area contributed by atoms with Crippen LogP contribution >= 0.6 is 0 Å². The molecular formula is C13H22N2O2S. The fraction of sp³-hybridized carbons (Fsp3) is 0.538. The lowest BCUT2D eigenvalue weighted by molar-refractivity contribution is 0.553. The van der Waals surface area contributed by atoms with Crippen LogP contribution in [0, 0.1) is 6.92 Å². The standard InChI is InChI=1S/C13H22N2O2S/c1-10(2)14-9-12(4)18(16,17)15-13-8-6-5-7-11(13)3/h5-8,10,12,14-15H,9H2,1-4H3. The Morgan fingerprint density at radius 2 is 1.78 bits per heavy atom. The Balaban J connectivity index is 2.73. The van der Waals surface area contributed by atoms with Gasteiger partial charge in [0.15, 0.2) is 0 Å². The van der Waals surface area contributed by atoms with Crippen LogP contribution in [0.15, 0.2) is 24.3 Å². The molecule has 0 saturated heterocycles. The highest BCUT2D eigenvalue weighted by atomic mass is 32.2. The van der Waals surface area contributed by atoms with Crippen LogP contribution in [0.2, 0.25) is 0 Å². The third-order valence-electron chi connectivity index (χ3n) is 2.74. The number of aryl methyl sites for hydroxylation is 1. The van der Waals surface area contributed by atoms with Crippen LogP contribution in [0.3, 0.4) is 0 Å². The first-order valence-electron chi connectivity index (χ1n) is 6.13. The third-order valence-corrected chi connectivity index (χ3v) is 4.47. The van der Waals surface area contributed by atoms with E-state index in [9.17, 15) is 8.42 Å². The van der Waals surface area contributed by atoms with Crippen LogP contribution in [0.4, 0.5) is 5.69 Å². The maximum Gasteiger partial charge on any atom is 0.236 e. The van der Waals surface area contributed by atoms with Gasteiger partial charge in [0, 0.05) is 12.6 Å². The average molecular weight is 270 g/mol. The van der Waals surface area contributed by atoms with Crippen molar-refractivity contribution in [3.05, 3.63) is 29.8 Å². The molecular weight excluding hydrogens is 248 g/mol. The van der Waals surface area contributed by atoms with E-state index in [1.807, 2.05) is 39.0 Å². The number of nitrogens with one attached hydrogen (secondary N) is 2. The van der Waals surface area contributed by atoms with Crippen molar-refractivity contribution >= 4 is 15.7 Å². The Bertz CT molecular complexity index is 484. The fourth-order valence-electron chi connectivity index (χ4n) is 1.45. The lowest BCUT2D eigenvalue weighted by Crippen LogP contribution is -2.37. The zero-order chi connectivity index (χ0) is 13.8. The second-order valence-electron chi connectivity index (χ2n) is 4.84. The van der Waals surface area contributed by atoms with Crippen molar-refractivity contribution in [1.29, 1.82) is 0 Å². The minimum atomic E-state index is -3.34. The summed E-state index contributed by atoms with van der Waals surface area (Å²) in [5.41, 5.74) is 1.57. The quantitative estimate of drug-likeness (QED) is 0.832. The molecule has 1 atom stereocenters. The van der Waals surface area contributed by atoms with Crippen LogP contribution in [-0.2, 0) is 10.0 Å². The van der Waals surface area contributed by atoms with Crippen LogP contribution in [0.25, 0.3) is 0 Å². The number of anilines is 1. The molecule has 18 heavy (non-hydrogen) atoms. The Labute approximate surface area is 110 Å². The number of hydrogen-bond acceptors (Lipinski definition) is 3. The minimum Gasteiger partial charge on any atom is -0.313 e. The zero-order valence-electron chi connectivity index (χ0n) is 11.4. The number of rotatable bonds is 6. The molecule has 5 heteroatoms. The summed E-state index contributed by atoms with van der Waals surface area (Å²) in [7, 11) is -3.34. The molecule has 2 N–H and O–H groups in total. The first kappa shape index (κ1) is 15.0. The number of hydrogen-bond donors (Lipinski definition) is 2. The molecule has 1 unspecified atom stereocenters. The number of sulfonamides is 1. The summed E-state index contributed by atoms with van der Waals surface area (Å²) in [5, 5.41) is 2.66. The Morgan fingerprint density at radius 3 is 2.33 bits per heavy atom. The van der Waals surface area contributed by atoms with Gasteiger partial charge in [-0.1, -0.05) is 32.0 Å². The van der Waals surface area contributed by atoms with Crippen LogP contribution in [0.1, 0.15) is 26.3 Å². The minimum absolute atomic E-state index is 0.279. The molecule has 4 nitrogen and oxygen atoms in total. The van der Waals surface area contributed by atoms with E-state index in [-0.39, 0.29) is 6.04 Å². The van der Waals surface area contributed by atoms with Crippen molar-refractivity contribution in [2.75, 3.05) is 11.3 Å². The molecule has 0 amide bonds. The SMILES string of the molecule is Cc1ccccc1NS(=O)(=O)C(C)CNC(C)C.